The number of fused-ring (bicyclic) bond motifs is 1. The van der Waals surface area contributed by atoms with E-state index in [1.165, 1.54) is 0 Å². The van der Waals surface area contributed by atoms with Crippen LogP contribution < -0.4 is 14.8 Å². The number of anilines is 2. The summed E-state index contributed by atoms with van der Waals surface area (Å²) >= 11 is 6.33. The van der Waals surface area contributed by atoms with Crippen molar-refractivity contribution in [1.29, 1.82) is 0 Å². The van der Waals surface area contributed by atoms with Crippen molar-refractivity contribution in [1.82, 2.24) is 9.97 Å². The molecule has 0 fully saturated rings. The molecule has 0 saturated heterocycles. The molecule has 0 bridgehead atoms. The van der Waals surface area contributed by atoms with E-state index in [1.807, 2.05) is 97.1 Å². The average Bonchev–Trinajstić information content (AvgIpc) is 2.99. The standard InChI is InChI=1S/C33H30ClN3O4/c34-27-16-7-6-13-24(27)22-41-31-21-29(23-11-3-1-4-12-23)36-33(37-31)35-28-17-9-15-26-25(28)14-10-18-30(26)40-20-8-2-5-19-32(38)39/h1,3-4,6-7,9-18,21H,2,5,8,19-20,22H2,(H,38,39)(H,35,36,37). The molecule has 0 aliphatic heterocycles. The normalized spacial score (nSPS) is 10.9. The third kappa shape index (κ3) is 7.52. The first-order valence-electron chi connectivity index (χ1n) is 13.5. The first-order valence-corrected chi connectivity index (χ1v) is 13.9. The van der Waals surface area contributed by atoms with Crippen molar-refractivity contribution in [2.75, 3.05) is 11.9 Å². The Morgan fingerprint density at radius 2 is 1.59 bits per heavy atom. The summed E-state index contributed by atoms with van der Waals surface area (Å²) in [5.74, 6) is 0.829. The molecule has 4 aromatic carbocycles. The van der Waals surface area contributed by atoms with Gasteiger partial charge in [-0.3, -0.25) is 4.79 Å². The molecule has 2 N–H and O–H groups in total. The van der Waals surface area contributed by atoms with Crippen molar-refractivity contribution >= 4 is 40.0 Å². The van der Waals surface area contributed by atoms with Gasteiger partial charge < -0.3 is 19.9 Å². The van der Waals surface area contributed by atoms with Crippen LogP contribution in [0.4, 0.5) is 11.6 Å². The topological polar surface area (TPSA) is 93.6 Å². The second kappa shape index (κ2) is 13.6. The molecule has 0 amide bonds. The molecule has 5 aromatic rings. The molecule has 0 aliphatic rings. The third-order valence-electron chi connectivity index (χ3n) is 6.53. The molecular weight excluding hydrogens is 538 g/mol. The number of carboxylic acid groups (broad SMARTS) is 1. The zero-order chi connectivity index (χ0) is 28.4. The molecule has 0 aliphatic carbocycles. The molecule has 208 valence electrons. The molecule has 41 heavy (non-hydrogen) atoms. The van der Waals surface area contributed by atoms with Crippen LogP contribution in [0.1, 0.15) is 31.2 Å². The highest BCUT2D eigenvalue weighted by molar-refractivity contribution is 6.31. The summed E-state index contributed by atoms with van der Waals surface area (Å²) < 4.78 is 12.2. The lowest BCUT2D eigenvalue weighted by molar-refractivity contribution is -0.137. The number of unbranched alkanes of at least 4 members (excludes halogenated alkanes) is 2. The van der Waals surface area contributed by atoms with Crippen LogP contribution in [0.5, 0.6) is 11.6 Å². The minimum absolute atomic E-state index is 0.184. The fourth-order valence-electron chi connectivity index (χ4n) is 4.45. The van der Waals surface area contributed by atoms with Crippen molar-refractivity contribution in [3.8, 4) is 22.9 Å². The fraction of sp³-hybridized carbons (Fsp3) is 0.182. The van der Waals surface area contributed by atoms with Crippen molar-refractivity contribution < 1.29 is 19.4 Å². The van der Waals surface area contributed by atoms with Gasteiger partial charge in [0.05, 0.1) is 12.3 Å². The Hall–Kier alpha value is -4.62. The van der Waals surface area contributed by atoms with Crippen molar-refractivity contribution in [3.05, 3.63) is 108 Å². The molecule has 0 saturated carbocycles. The van der Waals surface area contributed by atoms with Crippen LogP contribution in [0.3, 0.4) is 0 Å². The summed E-state index contributed by atoms with van der Waals surface area (Å²) in [6.45, 7) is 0.792. The second-order valence-corrected chi connectivity index (χ2v) is 9.90. The summed E-state index contributed by atoms with van der Waals surface area (Å²) in [5, 5.41) is 14.8. The highest BCUT2D eigenvalue weighted by Gasteiger charge is 2.12. The maximum Gasteiger partial charge on any atom is 0.303 e. The van der Waals surface area contributed by atoms with Gasteiger partial charge in [0.15, 0.2) is 0 Å². The predicted octanol–water partition coefficient (Wildman–Crippen LogP) is 8.30. The smallest absolute Gasteiger partial charge is 0.303 e. The van der Waals surface area contributed by atoms with E-state index < -0.39 is 5.97 Å². The largest absolute Gasteiger partial charge is 0.493 e. The number of rotatable bonds is 13. The summed E-state index contributed by atoms with van der Waals surface area (Å²) in [6, 6.07) is 31.1. The molecule has 8 heteroatoms. The number of aromatic nitrogens is 2. The van der Waals surface area contributed by atoms with Crippen LogP contribution in [0, 0.1) is 0 Å². The summed E-state index contributed by atoms with van der Waals surface area (Å²) in [7, 11) is 0. The number of aliphatic carboxylic acids is 1. The van der Waals surface area contributed by atoms with Crippen LogP contribution in [0.2, 0.25) is 5.02 Å². The van der Waals surface area contributed by atoms with Gasteiger partial charge in [-0.2, -0.15) is 4.98 Å². The molecule has 1 heterocycles. The lowest BCUT2D eigenvalue weighted by Crippen LogP contribution is -2.04. The Balaban J connectivity index is 1.38. The van der Waals surface area contributed by atoms with Crippen LogP contribution in [0.15, 0.2) is 97.1 Å². The number of hydrogen-bond donors (Lipinski definition) is 2. The molecule has 7 nitrogen and oxygen atoms in total. The lowest BCUT2D eigenvalue weighted by atomic mass is 10.1. The monoisotopic (exact) mass is 567 g/mol. The van der Waals surface area contributed by atoms with Gasteiger partial charge in [0.1, 0.15) is 12.4 Å². The van der Waals surface area contributed by atoms with Crippen molar-refractivity contribution in [2.45, 2.75) is 32.3 Å². The van der Waals surface area contributed by atoms with Gasteiger partial charge in [0, 0.05) is 45.1 Å². The molecule has 1 aromatic heterocycles. The summed E-state index contributed by atoms with van der Waals surface area (Å²) in [6.07, 6.45) is 2.43. The van der Waals surface area contributed by atoms with E-state index in [9.17, 15) is 4.79 Å². The van der Waals surface area contributed by atoms with E-state index in [0.717, 1.165) is 51.9 Å². The quantitative estimate of drug-likeness (QED) is 0.138. The van der Waals surface area contributed by atoms with E-state index in [4.69, 9.17) is 31.2 Å². The van der Waals surface area contributed by atoms with Crippen molar-refractivity contribution in [2.24, 2.45) is 0 Å². The fourth-order valence-corrected chi connectivity index (χ4v) is 4.64. The highest BCUT2D eigenvalue weighted by Crippen LogP contribution is 2.33. The zero-order valence-electron chi connectivity index (χ0n) is 22.4. The predicted molar refractivity (Wildman–Crippen MR) is 162 cm³/mol. The van der Waals surface area contributed by atoms with Crippen LogP contribution in [0.25, 0.3) is 22.0 Å². The Morgan fingerprint density at radius 3 is 2.41 bits per heavy atom. The summed E-state index contributed by atoms with van der Waals surface area (Å²) in [5.41, 5.74) is 3.37. The van der Waals surface area contributed by atoms with Gasteiger partial charge in [-0.1, -0.05) is 84.4 Å². The van der Waals surface area contributed by atoms with Crippen LogP contribution in [-0.2, 0) is 11.4 Å². The van der Waals surface area contributed by atoms with Gasteiger partial charge in [-0.25, -0.2) is 4.98 Å². The minimum Gasteiger partial charge on any atom is -0.493 e. The Kier molecular flexibility index (Phi) is 9.29. The van der Waals surface area contributed by atoms with E-state index in [2.05, 4.69) is 10.3 Å². The number of hydrogen-bond acceptors (Lipinski definition) is 6. The highest BCUT2D eigenvalue weighted by atomic mass is 35.5. The summed E-state index contributed by atoms with van der Waals surface area (Å²) in [4.78, 5) is 20.2. The maximum atomic E-state index is 10.7. The zero-order valence-corrected chi connectivity index (χ0v) is 23.2. The molecule has 0 unspecified atom stereocenters. The van der Waals surface area contributed by atoms with Gasteiger partial charge in [0.25, 0.3) is 0 Å². The van der Waals surface area contributed by atoms with E-state index in [-0.39, 0.29) is 13.0 Å². The van der Waals surface area contributed by atoms with Gasteiger partial charge in [-0.05, 0) is 37.5 Å². The second-order valence-electron chi connectivity index (χ2n) is 9.50. The molecule has 5 rings (SSSR count). The van der Waals surface area contributed by atoms with Crippen LogP contribution >= 0.6 is 11.6 Å². The third-order valence-corrected chi connectivity index (χ3v) is 6.90. The Morgan fingerprint density at radius 1 is 0.805 bits per heavy atom. The van der Waals surface area contributed by atoms with E-state index >= 15 is 0 Å². The van der Waals surface area contributed by atoms with Crippen LogP contribution in [-0.4, -0.2) is 27.7 Å². The van der Waals surface area contributed by atoms with Gasteiger partial charge in [0.2, 0.25) is 11.8 Å². The van der Waals surface area contributed by atoms with Gasteiger partial charge in [-0.15, -0.1) is 0 Å². The first-order chi connectivity index (χ1) is 20.1. The Labute approximate surface area is 243 Å². The molecular formula is C33H30ClN3O4. The first kappa shape index (κ1) is 27.9. The molecule has 0 radical (unpaired) electrons. The van der Waals surface area contributed by atoms with Gasteiger partial charge >= 0.3 is 5.97 Å². The number of benzene rings is 4. The lowest BCUT2D eigenvalue weighted by Gasteiger charge is -2.14. The number of carbonyl (C=O) groups is 1. The van der Waals surface area contributed by atoms with Crippen molar-refractivity contribution in [3.63, 3.8) is 0 Å². The number of halogens is 1. The molecule has 0 atom stereocenters. The number of carboxylic acids is 1. The maximum absolute atomic E-state index is 10.7. The van der Waals surface area contributed by atoms with E-state index in [0.29, 0.717) is 29.9 Å². The SMILES string of the molecule is O=C(O)CCCCCOc1cccc2c(Nc3nc(OCc4ccccc4Cl)cc(-c4ccccc4)n3)cccc12. The number of nitrogens with one attached hydrogen (secondary N) is 1. The van der Waals surface area contributed by atoms with E-state index in [1.54, 1.807) is 0 Å². The Bertz CT molecular complexity index is 1630. The number of ether oxygens (including phenoxy) is 2. The average molecular weight is 568 g/mol. The molecule has 0 spiro atoms. The minimum atomic E-state index is -0.766. The number of nitrogens with zero attached hydrogens (tertiary/aromatic N) is 2.